The molecule has 1 fully saturated rings. The van der Waals surface area contributed by atoms with Crippen LogP contribution in [0.1, 0.15) is 40.2 Å². The van der Waals surface area contributed by atoms with E-state index in [4.69, 9.17) is 4.74 Å². The molecule has 0 radical (unpaired) electrons. The summed E-state index contributed by atoms with van der Waals surface area (Å²) in [6.45, 7) is 1.05. The molecule has 0 spiro atoms. The number of amides is 2. The Kier molecular flexibility index (Phi) is 8.52. The average Bonchev–Trinajstić information content (AvgIpc) is 3.02. The van der Waals surface area contributed by atoms with Crippen LogP contribution in [0.4, 0.5) is 13.2 Å². The highest BCUT2D eigenvalue weighted by atomic mass is 19.4. The number of halogens is 3. The third kappa shape index (κ3) is 6.71. The zero-order valence-electron chi connectivity index (χ0n) is 23.9. The number of piperidine rings is 1. The average molecular weight is 589 g/mol. The monoisotopic (exact) mass is 588 g/mol. The Bertz CT molecular complexity index is 1640. The highest BCUT2D eigenvalue weighted by Crippen LogP contribution is 2.36. The maximum Gasteiger partial charge on any atom is 0.416 e. The normalized spacial score (nSPS) is 14.0. The van der Waals surface area contributed by atoms with Crippen LogP contribution in [0.15, 0.2) is 78.9 Å². The van der Waals surface area contributed by atoms with Gasteiger partial charge in [-0.1, -0.05) is 48.5 Å². The van der Waals surface area contributed by atoms with Gasteiger partial charge < -0.3 is 14.5 Å². The fourth-order valence-corrected chi connectivity index (χ4v) is 5.37. The van der Waals surface area contributed by atoms with Crippen molar-refractivity contribution in [3.8, 4) is 22.3 Å². The molecule has 43 heavy (non-hydrogen) atoms. The predicted molar refractivity (Wildman–Crippen MR) is 158 cm³/mol. The summed E-state index contributed by atoms with van der Waals surface area (Å²) >= 11 is 0. The van der Waals surface area contributed by atoms with E-state index >= 15 is 0 Å². The van der Waals surface area contributed by atoms with E-state index in [0.29, 0.717) is 22.4 Å². The molecule has 9 heteroatoms. The van der Waals surface area contributed by atoms with Crippen molar-refractivity contribution in [1.29, 1.82) is 0 Å². The number of carbonyl (C=O) groups excluding carboxylic acids is 3. The number of ether oxygens (including phenoxy) is 1. The van der Waals surface area contributed by atoms with Crippen molar-refractivity contribution in [3.63, 3.8) is 0 Å². The van der Waals surface area contributed by atoms with E-state index in [1.54, 1.807) is 31.1 Å². The summed E-state index contributed by atoms with van der Waals surface area (Å²) in [5.41, 5.74) is 3.66. The van der Waals surface area contributed by atoms with Gasteiger partial charge in [0.15, 0.2) is 6.61 Å². The zero-order valence-corrected chi connectivity index (χ0v) is 23.9. The SMILES string of the molecule is CN(C)C(=O)COC(=O)c1cc(-c2ccc(C3CCN(C=O)CC3)cc2)c2ccc(-c3ccc(C(F)(F)F)cc3)cc2c1. The minimum absolute atomic E-state index is 0.254. The van der Waals surface area contributed by atoms with Crippen LogP contribution < -0.4 is 0 Å². The summed E-state index contributed by atoms with van der Waals surface area (Å²) in [5.74, 6) is -0.658. The Balaban J connectivity index is 1.51. The first kappa shape index (κ1) is 29.8. The minimum atomic E-state index is -4.43. The number of esters is 1. The second kappa shape index (κ2) is 12.3. The molecule has 0 aliphatic carbocycles. The molecule has 0 aromatic heterocycles. The fourth-order valence-electron chi connectivity index (χ4n) is 5.37. The van der Waals surface area contributed by atoms with Crippen LogP contribution in [0.3, 0.4) is 0 Å². The fraction of sp³-hybridized carbons (Fsp3) is 0.265. The number of alkyl halides is 3. The Morgan fingerprint density at radius 3 is 2.12 bits per heavy atom. The van der Waals surface area contributed by atoms with Crippen molar-refractivity contribution in [2.45, 2.75) is 24.9 Å². The maximum absolute atomic E-state index is 13.1. The minimum Gasteiger partial charge on any atom is -0.452 e. The smallest absolute Gasteiger partial charge is 0.416 e. The molecule has 0 atom stereocenters. The standard InChI is InChI=1S/C34H31F3N2O4/c1-38(2)32(41)20-43-33(42)28-18-27-17-26(23-7-10-29(11-8-23)34(35,36)37)9-12-30(27)31(19-28)25-5-3-22(4-6-25)24-13-15-39(21-40)16-14-24/h3-12,17-19,21,24H,13-16,20H2,1-2H3. The van der Waals surface area contributed by atoms with Crippen LogP contribution in [0.5, 0.6) is 0 Å². The zero-order chi connectivity index (χ0) is 30.7. The molecule has 0 N–H and O–H groups in total. The molecule has 5 rings (SSSR count). The van der Waals surface area contributed by atoms with E-state index < -0.39 is 24.3 Å². The Hall–Kier alpha value is -4.66. The van der Waals surface area contributed by atoms with E-state index in [9.17, 15) is 27.6 Å². The molecule has 0 saturated carbocycles. The molecular formula is C34H31F3N2O4. The summed E-state index contributed by atoms with van der Waals surface area (Å²) in [6, 6.07) is 22.1. The first-order valence-electron chi connectivity index (χ1n) is 14.0. The first-order valence-corrected chi connectivity index (χ1v) is 14.0. The third-order valence-electron chi connectivity index (χ3n) is 7.93. The molecule has 1 saturated heterocycles. The van der Waals surface area contributed by atoms with Gasteiger partial charge in [-0.2, -0.15) is 13.2 Å². The highest BCUT2D eigenvalue weighted by Gasteiger charge is 2.30. The van der Waals surface area contributed by atoms with Crippen molar-refractivity contribution in [2.24, 2.45) is 0 Å². The van der Waals surface area contributed by atoms with Crippen molar-refractivity contribution in [1.82, 2.24) is 9.80 Å². The van der Waals surface area contributed by atoms with Gasteiger partial charge in [0.05, 0.1) is 11.1 Å². The van der Waals surface area contributed by atoms with Crippen LogP contribution in [0, 0.1) is 0 Å². The molecule has 222 valence electrons. The first-order chi connectivity index (χ1) is 20.5. The quantitative estimate of drug-likeness (QED) is 0.177. The van der Waals surface area contributed by atoms with Crippen LogP contribution >= 0.6 is 0 Å². The van der Waals surface area contributed by atoms with Crippen molar-refractivity contribution in [3.05, 3.63) is 95.6 Å². The van der Waals surface area contributed by atoms with Gasteiger partial charge in [-0.15, -0.1) is 0 Å². The summed E-state index contributed by atoms with van der Waals surface area (Å²) < 4.78 is 44.6. The largest absolute Gasteiger partial charge is 0.452 e. The second-order valence-corrected chi connectivity index (χ2v) is 10.9. The number of fused-ring (bicyclic) bond motifs is 1. The predicted octanol–water partition coefficient (Wildman–Crippen LogP) is 6.77. The molecule has 1 aliphatic rings. The summed E-state index contributed by atoms with van der Waals surface area (Å²) in [6.07, 6.45) is -1.76. The molecule has 1 heterocycles. The summed E-state index contributed by atoms with van der Waals surface area (Å²) in [7, 11) is 3.14. The van der Waals surface area contributed by atoms with Gasteiger partial charge in [-0.25, -0.2) is 4.79 Å². The van der Waals surface area contributed by atoms with Gasteiger partial charge >= 0.3 is 12.1 Å². The molecular weight excluding hydrogens is 557 g/mol. The van der Waals surface area contributed by atoms with Crippen LogP contribution in [0.2, 0.25) is 0 Å². The highest BCUT2D eigenvalue weighted by molar-refractivity contribution is 6.04. The van der Waals surface area contributed by atoms with E-state index in [-0.39, 0.29) is 11.5 Å². The van der Waals surface area contributed by atoms with Crippen molar-refractivity contribution < 1.29 is 32.3 Å². The molecule has 6 nitrogen and oxygen atoms in total. The van der Waals surface area contributed by atoms with Crippen LogP contribution in [-0.2, 0) is 20.5 Å². The molecule has 0 bridgehead atoms. The van der Waals surface area contributed by atoms with Crippen molar-refractivity contribution in [2.75, 3.05) is 33.8 Å². The Morgan fingerprint density at radius 2 is 1.51 bits per heavy atom. The lowest BCUT2D eigenvalue weighted by atomic mass is 9.87. The third-order valence-corrected chi connectivity index (χ3v) is 7.93. The van der Waals surface area contributed by atoms with Crippen LogP contribution in [0.25, 0.3) is 33.0 Å². The lowest BCUT2D eigenvalue weighted by Crippen LogP contribution is -2.31. The topological polar surface area (TPSA) is 66.9 Å². The summed E-state index contributed by atoms with van der Waals surface area (Å²) in [4.78, 5) is 39.3. The number of likely N-dealkylation sites (N-methyl/N-ethyl adjacent to an activating group) is 1. The molecule has 1 aliphatic heterocycles. The van der Waals surface area contributed by atoms with E-state index in [1.165, 1.54) is 22.6 Å². The van der Waals surface area contributed by atoms with Crippen molar-refractivity contribution >= 4 is 29.1 Å². The second-order valence-electron chi connectivity index (χ2n) is 10.9. The van der Waals surface area contributed by atoms with Gasteiger partial charge in [-0.3, -0.25) is 9.59 Å². The number of hydrogen-bond donors (Lipinski definition) is 0. The van der Waals surface area contributed by atoms with Crippen LogP contribution in [-0.4, -0.2) is 61.9 Å². The van der Waals surface area contributed by atoms with Gasteiger partial charge in [0.1, 0.15) is 0 Å². The van der Waals surface area contributed by atoms with Gasteiger partial charge in [0.2, 0.25) is 6.41 Å². The van der Waals surface area contributed by atoms with E-state index in [2.05, 4.69) is 12.1 Å². The van der Waals surface area contributed by atoms with Gasteiger partial charge in [0, 0.05) is 27.2 Å². The molecule has 2 amide bonds. The molecule has 4 aromatic rings. The number of rotatable bonds is 7. The lowest BCUT2D eigenvalue weighted by Gasteiger charge is -2.29. The Labute approximate surface area is 247 Å². The molecule has 0 unspecified atom stereocenters. The molecule has 4 aromatic carbocycles. The number of likely N-dealkylation sites (tertiary alicyclic amines) is 1. The number of benzene rings is 4. The van der Waals surface area contributed by atoms with Gasteiger partial charge in [0.25, 0.3) is 5.91 Å². The summed E-state index contributed by atoms with van der Waals surface area (Å²) in [5, 5.41) is 1.55. The maximum atomic E-state index is 13.1. The van der Waals surface area contributed by atoms with E-state index in [1.807, 2.05) is 30.3 Å². The number of nitrogens with zero attached hydrogens (tertiary/aromatic N) is 2. The Morgan fingerprint density at radius 1 is 0.884 bits per heavy atom. The van der Waals surface area contributed by atoms with E-state index in [0.717, 1.165) is 61.0 Å². The number of carbonyl (C=O) groups is 3. The lowest BCUT2D eigenvalue weighted by molar-refractivity contribution is -0.137. The number of hydrogen-bond acceptors (Lipinski definition) is 4. The van der Waals surface area contributed by atoms with Gasteiger partial charge in [-0.05, 0) is 87.7 Å².